The Morgan fingerprint density at radius 2 is 1.43 bits per heavy atom. The minimum absolute atomic E-state index is 0.117. The van der Waals surface area contributed by atoms with Gasteiger partial charge in [0.25, 0.3) is 0 Å². The summed E-state index contributed by atoms with van der Waals surface area (Å²) >= 11 is 0. The van der Waals surface area contributed by atoms with Crippen molar-refractivity contribution < 1.29 is 5.11 Å². The van der Waals surface area contributed by atoms with Crippen molar-refractivity contribution in [1.29, 1.82) is 0 Å². The lowest BCUT2D eigenvalue weighted by Gasteiger charge is -2.36. The van der Waals surface area contributed by atoms with E-state index in [0.29, 0.717) is 6.04 Å². The SMILES string of the molecule is CCC(C)CN(CC)C1CCCCCCCCCCC1O. The molecule has 21 heavy (non-hydrogen) atoms. The highest BCUT2D eigenvalue weighted by Crippen LogP contribution is 2.22. The van der Waals surface area contributed by atoms with Crippen LogP contribution in [0.5, 0.6) is 0 Å². The number of aliphatic hydroxyl groups excluding tert-OH is 1. The average Bonchev–Trinajstić information content (AvgIpc) is 2.48. The average molecular weight is 298 g/mol. The second-order valence-corrected chi connectivity index (χ2v) is 7.14. The van der Waals surface area contributed by atoms with E-state index in [1.54, 1.807) is 0 Å². The summed E-state index contributed by atoms with van der Waals surface area (Å²) in [4.78, 5) is 2.56. The van der Waals surface area contributed by atoms with E-state index < -0.39 is 0 Å². The predicted octanol–water partition coefficient (Wildman–Crippen LogP) is 5.00. The van der Waals surface area contributed by atoms with Gasteiger partial charge in [-0.1, -0.05) is 78.6 Å². The first-order valence-corrected chi connectivity index (χ1v) is 9.61. The molecule has 0 radical (unpaired) electrons. The van der Waals surface area contributed by atoms with Crippen LogP contribution in [0.2, 0.25) is 0 Å². The topological polar surface area (TPSA) is 23.5 Å². The smallest absolute Gasteiger partial charge is 0.0695 e. The van der Waals surface area contributed by atoms with Crippen molar-refractivity contribution in [2.24, 2.45) is 5.92 Å². The van der Waals surface area contributed by atoms with Gasteiger partial charge in [0.15, 0.2) is 0 Å². The van der Waals surface area contributed by atoms with E-state index in [1.165, 1.54) is 64.2 Å². The van der Waals surface area contributed by atoms with Crippen LogP contribution in [-0.2, 0) is 0 Å². The molecule has 0 amide bonds. The van der Waals surface area contributed by atoms with Gasteiger partial charge in [0.05, 0.1) is 6.10 Å². The zero-order chi connectivity index (χ0) is 15.5. The minimum Gasteiger partial charge on any atom is -0.391 e. The lowest BCUT2D eigenvalue weighted by Crippen LogP contribution is -2.45. The Morgan fingerprint density at radius 1 is 0.905 bits per heavy atom. The van der Waals surface area contributed by atoms with Gasteiger partial charge < -0.3 is 5.11 Å². The third-order valence-electron chi connectivity index (χ3n) is 5.31. The number of hydrogen-bond acceptors (Lipinski definition) is 2. The first-order valence-electron chi connectivity index (χ1n) is 9.61. The summed E-state index contributed by atoms with van der Waals surface area (Å²) in [5.74, 6) is 0.735. The van der Waals surface area contributed by atoms with Gasteiger partial charge in [0.1, 0.15) is 0 Å². The predicted molar refractivity (Wildman–Crippen MR) is 92.7 cm³/mol. The van der Waals surface area contributed by atoms with E-state index in [4.69, 9.17) is 0 Å². The van der Waals surface area contributed by atoms with Crippen LogP contribution in [0.15, 0.2) is 0 Å². The molecule has 3 unspecified atom stereocenters. The van der Waals surface area contributed by atoms with Crippen molar-refractivity contribution in [2.75, 3.05) is 13.1 Å². The highest BCUT2D eigenvalue weighted by Gasteiger charge is 2.25. The van der Waals surface area contributed by atoms with E-state index >= 15 is 0 Å². The maximum absolute atomic E-state index is 10.7. The molecule has 1 N–H and O–H groups in total. The van der Waals surface area contributed by atoms with Crippen LogP contribution in [-0.4, -0.2) is 35.2 Å². The first-order chi connectivity index (χ1) is 10.2. The monoisotopic (exact) mass is 297 g/mol. The van der Waals surface area contributed by atoms with Gasteiger partial charge in [-0.05, 0) is 25.3 Å². The summed E-state index contributed by atoms with van der Waals surface area (Å²) in [5, 5.41) is 10.7. The molecule has 3 atom stereocenters. The van der Waals surface area contributed by atoms with E-state index in [2.05, 4.69) is 25.7 Å². The minimum atomic E-state index is -0.117. The van der Waals surface area contributed by atoms with Gasteiger partial charge >= 0.3 is 0 Å². The fourth-order valence-corrected chi connectivity index (χ4v) is 3.61. The van der Waals surface area contributed by atoms with Crippen molar-refractivity contribution in [3.05, 3.63) is 0 Å². The van der Waals surface area contributed by atoms with E-state index in [1.807, 2.05) is 0 Å². The van der Waals surface area contributed by atoms with Crippen molar-refractivity contribution in [3.63, 3.8) is 0 Å². The molecule has 0 aromatic heterocycles. The van der Waals surface area contributed by atoms with Gasteiger partial charge in [-0.3, -0.25) is 4.90 Å². The van der Waals surface area contributed by atoms with E-state index in [-0.39, 0.29) is 6.10 Å². The summed E-state index contributed by atoms with van der Waals surface area (Å²) < 4.78 is 0. The number of nitrogens with zero attached hydrogens (tertiary/aromatic N) is 1. The van der Waals surface area contributed by atoms with Crippen LogP contribution in [0.1, 0.15) is 91.4 Å². The molecule has 0 saturated heterocycles. The summed E-state index contributed by atoms with van der Waals surface area (Å²) in [6.45, 7) is 9.09. The standard InChI is InChI=1S/C19H39NO/c1-4-17(3)16-20(5-2)18-14-12-10-8-6-7-9-11-13-15-19(18)21/h17-19,21H,4-16H2,1-3H3. The Kier molecular flexibility index (Phi) is 10.4. The van der Waals surface area contributed by atoms with Crippen LogP contribution in [0.4, 0.5) is 0 Å². The maximum Gasteiger partial charge on any atom is 0.0695 e. The lowest BCUT2D eigenvalue weighted by molar-refractivity contribution is 0.0307. The van der Waals surface area contributed by atoms with E-state index in [0.717, 1.165) is 25.4 Å². The Balaban J connectivity index is 2.60. The molecule has 1 fully saturated rings. The largest absolute Gasteiger partial charge is 0.391 e. The zero-order valence-electron chi connectivity index (χ0n) is 14.8. The number of aliphatic hydroxyl groups is 1. The highest BCUT2D eigenvalue weighted by molar-refractivity contribution is 4.80. The Morgan fingerprint density at radius 3 is 1.95 bits per heavy atom. The molecule has 0 heterocycles. The summed E-state index contributed by atoms with van der Waals surface area (Å²) in [6, 6.07) is 0.392. The zero-order valence-corrected chi connectivity index (χ0v) is 14.8. The second kappa shape index (κ2) is 11.5. The fraction of sp³-hybridized carbons (Fsp3) is 1.00. The molecule has 0 aromatic rings. The lowest BCUT2D eigenvalue weighted by atomic mass is 9.94. The highest BCUT2D eigenvalue weighted by atomic mass is 16.3. The molecule has 2 nitrogen and oxygen atoms in total. The number of rotatable bonds is 5. The maximum atomic E-state index is 10.7. The molecular formula is C19H39NO. The van der Waals surface area contributed by atoms with E-state index in [9.17, 15) is 5.11 Å². The van der Waals surface area contributed by atoms with Crippen LogP contribution in [0, 0.1) is 5.92 Å². The normalized spacial score (nSPS) is 27.9. The van der Waals surface area contributed by atoms with Crippen molar-refractivity contribution in [3.8, 4) is 0 Å². The molecule has 0 aromatic carbocycles. The summed E-state index contributed by atoms with van der Waals surface area (Å²) in [5.41, 5.74) is 0. The fourth-order valence-electron chi connectivity index (χ4n) is 3.61. The molecule has 2 heteroatoms. The Labute approximate surface area is 133 Å². The van der Waals surface area contributed by atoms with Crippen molar-refractivity contribution >= 4 is 0 Å². The molecule has 1 rings (SSSR count). The number of likely N-dealkylation sites (N-methyl/N-ethyl adjacent to an activating group) is 1. The quantitative estimate of drug-likeness (QED) is 0.772. The van der Waals surface area contributed by atoms with Crippen molar-refractivity contribution in [2.45, 2.75) is 104 Å². The molecular weight excluding hydrogens is 258 g/mol. The molecule has 0 bridgehead atoms. The number of hydrogen-bond donors (Lipinski definition) is 1. The summed E-state index contributed by atoms with van der Waals surface area (Å²) in [6.07, 6.45) is 14.0. The molecule has 1 saturated carbocycles. The Bertz CT molecular complexity index is 244. The Hall–Kier alpha value is -0.0800. The summed E-state index contributed by atoms with van der Waals surface area (Å²) in [7, 11) is 0. The third-order valence-corrected chi connectivity index (χ3v) is 5.31. The van der Waals surface area contributed by atoms with Crippen LogP contribution < -0.4 is 0 Å². The van der Waals surface area contributed by atoms with Gasteiger partial charge in [-0.2, -0.15) is 0 Å². The van der Waals surface area contributed by atoms with Crippen molar-refractivity contribution in [1.82, 2.24) is 4.90 Å². The van der Waals surface area contributed by atoms with Gasteiger partial charge in [0.2, 0.25) is 0 Å². The molecule has 0 spiro atoms. The van der Waals surface area contributed by atoms with Gasteiger partial charge in [-0.25, -0.2) is 0 Å². The molecule has 0 aliphatic heterocycles. The van der Waals surface area contributed by atoms with Gasteiger partial charge in [0, 0.05) is 12.6 Å². The van der Waals surface area contributed by atoms with Crippen LogP contribution in [0.3, 0.4) is 0 Å². The van der Waals surface area contributed by atoms with Crippen LogP contribution in [0.25, 0.3) is 0 Å². The third kappa shape index (κ3) is 7.65. The molecule has 126 valence electrons. The van der Waals surface area contributed by atoms with Crippen LogP contribution >= 0.6 is 0 Å². The molecule has 1 aliphatic rings. The second-order valence-electron chi connectivity index (χ2n) is 7.14. The first kappa shape index (κ1) is 19.0. The molecule has 1 aliphatic carbocycles. The van der Waals surface area contributed by atoms with Gasteiger partial charge in [-0.15, -0.1) is 0 Å².